The Kier molecular flexibility index (Phi) is 4.20. The van der Waals surface area contributed by atoms with Crippen LogP contribution < -0.4 is 0 Å². The van der Waals surface area contributed by atoms with Crippen LogP contribution in [0.15, 0.2) is 0 Å². The number of hydrogen-bond acceptors (Lipinski definition) is 5. The summed E-state index contributed by atoms with van der Waals surface area (Å²) in [6, 6.07) is 0. The molecule has 4 N–H and O–H groups in total. The lowest BCUT2D eigenvalue weighted by Crippen LogP contribution is -2.42. The molecule has 0 heterocycles. The lowest BCUT2D eigenvalue weighted by Gasteiger charge is -2.17. The first kappa shape index (κ1) is 10.5. The minimum atomic E-state index is -1.71. The van der Waals surface area contributed by atoms with E-state index >= 15 is 0 Å². The van der Waals surface area contributed by atoms with Crippen LogP contribution in [0.5, 0.6) is 0 Å². The van der Waals surface area contributed by atoms with Crippen LogP contribution in [0.3, 0.4) is 0 Å². The second-order valence-corrected chi connectivity index (χ2v) is 2.30. The average Bonchev–Trinajstić information content (AvgIpc) is 2.00. The molecule has 5 heteroatoms. The molecular weight excluding hydrogens is 152 g/mol. The van der Waals surface area contributed by atoms with Crippen molar-refractivity contribution in [2.45, 2.75) is 25.2 Å². The van der Waals surface area contributed by atoms with E-state index in [1.807, 2.05) is 0 Å². The molecule has 0 rings (SSSR count). The number of carbonyl (C=O) groups is 1. The van der Waals surface area contributed by atoms with E-state index in [1.165, 1.54) is 6.92 Å². The number of ketones is 1. The zero-order valence-electron chi connectivity index (χ0n) is 6.14. The number of aliphatic hydroxyl groups excluding tert-OH is 4. The van der Waals surface area contributed by atoms with Crippen molar-refractivity contribution in [2.75, 3.05) is 6.61 Å². The van der Waals surface area contributed by atoms with E-state index in [0.29, 0.717) is 0 Å². The van der Waals surface area contributed by atoms with Crippen LogP contribution in [0.4, 0.5) is 0 Å². The molecule has 5 nitrogen and oxygen atoms in total. The fraction of sp³-hybridized carbons (Fsp3) is 0.833. The second kappa shape index (κ2) is 4.40. The lowest BCUT2D eigenvalue weighted by molar-refractivity contribution is -0.140. The third-order valence-electron chi connectivity index (χ3n) is 1.30. The van der Waals surface area contributed by atoms with E-state index in [1.54, 1.807) is 0 Å². The molecule has 0 aliphatic heterocycles. The van der Waals surface area contributed by atoms with Gasteiger partial charge in [0.1, 0.15) is 18.8 Å². The molecule has 0 bridgehead atoms. The van der Waals surface area contributed by atoms with Gasteiger partial charge in [0.15, 0.2) is 5.78 Å². The minimum Gasteiger partial charge on any atom is -0.391 e. The molecule has 0 radical (unpaired) electrons. The highest BCUT2D eigenvalue weighted by Crippen LogP contribution is 2.00. The van der Waals surface area contributed by atoms with Gasteiger partial charge in [-0.15, -0.1) is 0 Å². The molecule has 0 amide bonds. The molecule has 0 saturated heterocycles. The number of carbonyl (C=O) groups excluding carboxylic acids is 1. The average molecular weight is 164 g/mol. The molecule has 0 unspecified atom stereocenters. The Labute approximate surface area is 63.9 Å². The summed E-state index contributed by atoms with van der Waals surface area (Å²) in [7, 11) is 0. The van der Waals surface area contributed by atoms with Crippen LogP contribution >= 0.6 is 0 Å². The fourth-order valence-corrected chi connectivity index (χ4v) is 0.548. The highest BCUT2D eigenvalue weighted by molar-refractivity contribution is 5.84. The van der Waals surface area contributed by atoms with Crippen LogP contribution in [-0.4, -0.2) is 51.1 Å². The Morgan fingerprint density at radius 3 is 2.09 bits per heavy atom. The van der Waals surface area contributed by atoms with Gasteiger partial charge in [-0.2, -0.15) is 0 Å². The van der Waals surface area contributed by atoms with Gasteiger partial charge >= 0.3 is 0 Å². The monoisotopic (exact) mass is 164 g/mol. The Balaban J connectivity index is 4.01. The molecule has 0 fully saturated rings. The molecule has 0 aromatic rings. The summed E-state index contributed by atoms with van der Waals surface area (Å²) < 4.78 is 0. The summed E-state index contributed by atoms with van der Waals surface area (Å²) in [5, 5.41) is 34.6. The van der Waals surface area contributed by atoms with E-state index in [2.05, 4.69) is 0 Å². The van der Waals surface area contributed by atoms with Crippen LogP contribution in [0.25, 0.3) is 0 Å². The standard InChI is InChI=1S/C6H12O5/c1-3(8)5(10)6(11)4(9)2-7/h3,5-8,10-11H,2H2,1H3/t3-,5+,6+/m0/s1. The van der Waals surface area contributed by atoms with E-state index in [-0.39, 0.29) is 0 Å². The molecule has 0 aromatic heterocycles. The van der Waals surface area contributed by atoms with Gasteiger partial charge in [-0.05, 0) is 6.92 Å². The number of Topliss-reactive ketones (excluding diaryl/α,β-unsaturated/α-hetero) is 1. The van der Waals surface area contributed by atoms with Gasteiger partial charge < -0.3 is 20.4 Å². The maximum absolute atomic E-state index is 10.5. The van der Waals surface area contributed by atoms with E-state index in [9.17, 15) is 4.79 Å². The molecule has 0 aliphatic rings. The number of rotatable bonds is 4. The van der Waals surface area contributed by atoms with Gasteiger partial charge in [0.05, 0.1) is 6.10 Å². The number of hydrogen-bond donors (Lipinski definition) is 4. The van der Waals surface area contributed by atoms with Gasteiger partial charge in [0, 0.05) is 0 Å². The normalized spacial score (nSPS) is 19.0. The topological polar surface area (TPSA) is 98.0 Å². The van der Waals surface area contributed by atoms with Gasteiger partial charge in [0.25, 0.3) is 0 Å². The van der Waals surface area contributed by atoms with Crippen molar-refractivity contribution in [3.8, 4) is 0 Å². The first-order valence-corrected chi connectivity index (χ1v) is 3.18. The second-order valence-electron chi connectivity index (χ2n) is 2.30. The van der Waals surface area contributed by atoms with E-state index in [4.69, 9.17) is 20.4 Å². The zero-order valence-corrected chi connectivity index (χ0v) is 6.14. The Morgan fingerprint density at radius 2 is 1.82 bits per heavy atom. The predicted octanol–water partition coefficient (Wildman–Crippen LogP) is -2.35. The third-order valence-corrected chi connectivity index (χ3v) is 1.30. The van der Waals surface area contributed by atoms with Crippen molar-refractivity contribution >= 4 is 5.78 Å². The van der Waals surface area contributed by atoms with Gasteiger partial charge in [0.2, 0.25) is 0 Å². The highest BCUT2D eigenvalue weighted by atomic mass is 16.4. The summed E-state index contributed by atoms with van der Waals surface area (Å²) in [6.07, 6.45) is -4.44. The third kappa shape index (κ3) is 2.94. The van der Waals surface area contributed by atoms with E-state index in [0.717, 1.165) is 0 Å². The fourth-order valence-electron chi connectivity index (χ4n) is 0.548. The molecule has 0 aromatic carbocycles. The molecule has 66 valence electrons. The predicted molar refractivity (Wildman–Crippen MR) is 35.8 cm³/mol. The molecule has 0 saturated carbocycles. The maximum Gasteiger partial charge on any atom is 0.189 e. The maximum atomic E-state index is 10.5. The largest absolute Gasteiger partial charge is 0.391 e. The Bertz CT molecular complexity index is 133. The Hall–Kier alpha value is -0.490. The lowest BCUT2D eigenvalue weighted by atomic mass is 10.1. The van der Waals surface area contributed by atoms with Crippen LogP contribution in [0.2, 0.25) is 0 Å². The zero-order chi connectivity index (χ0) is 9.02. The molecule has 11 heavy (non-hydrogen) atoms. The van der Waals surface area contributed by atoms with Crippen LogP contribution in [-0.2, 0) is 4.79 Å². The highest BCUT2D eigenvalue weighted by Gasteiger charge is 2.26. The summed E-state index contributed by atoms with van der Waals surface area (Å²) in [4.78, 5) is 10.5. The van der Waals surface area contributed by atoms with Crippen molar-refractivity contribution in [1.29, 1.82) is 0 Å². The summed E-state index contributed by atoms with van der Waals surface area (Å²) in [6.45, 7) is 0.392. The first-order chi connectivity index (χ1) is 5.00. The molecule has 0 spiro atoms. The van der Waals surface area contributed by atoms with Crippen molar-refractivity contribution < 1.29 is 25.2 Å². The first-order valence-electron chi connectivity index (χ1n) is 3.18. The van der Waals surface area contributed by atoms with Crippen molar-refractivity contribution in [1.82, 2.24) is 0 Å². The van der Waals surface area contributed by atoms with Crippen LogP contribution in [0, 0.1) is 0 Å². The summed E-state index contributed by atoms with van der Waals surface area (Å²) in [5.41, 5.74) is 0. The summed E-state index contributed by atoms with van der Waals surface area (Å²) in [5.74, 6) is -0.904. The van der Waals surface area contributed by atoms with Crippen LogP contribution in [0.1, 0.15) is 6.92 Å². The molecule has 0 aliphatic carbocycles. The molecular formula is C6H12O5. The van der Waals surface area contributed by atoms with Gasteiger partial charge in [-0.1, -0.05) is 0 Å². The Morgan fingerprint density at radius 1 is 1.36 bits per heavy atom. The van der Waals surface area contributed by atoms with Gasteiger partial charge in [-0.3, -0.25) is 4.79 Å². The quantitative estimate of drug-likeness (QED) is 0.373. The molecule has 3 atom stereocenters. The van der Waals surface area contributed by atoms with Gasteiger partial charge in [-0.25, -0.2) is 0 Å². The van der Waals surface area contributed by atoms with E-state index < -0.39 is 30.7 Å². The van der Waals surface area contributed by atoms with Crippen molar-refractivity contribution in [2.24, 2.45) is 0 Å². The minimum absolute atomic E-state index is 0.842. The van der Waals surface area contributed by atoms with Crippen molar-refractivity contribution in [3.05, 3.63) is 0 Å². The SMILES string of the molecule is C[C@H](O)[C@@H](O)[C@H](O)C(=O)CO. The summed E-state index contributed by atoms with van der Waals surface area (Å²) >= 11 is 0. The number of aliphatic hydroxyl groups is 4. The van der Waals surface area contributed by atoms with Crippen molar-refractivity contribution in [3.63, 3.8) is 0 Å². The smallest absolute Gasteiger partial charge is 0.189 e.